The number of amides is 1. The molecule has 3 nitrogen and oxygen atoms in total. The largest absolute Gasteiger partial charge is 0.347 e. The van der Waals surface area contributed by atoms with Crippen LogP contribution in [0.3, 0.4) is 0 Å². The smallest absolute Gasteiger partial charge is 0.252 e. The Labute approximate surface area is 68.7 Å². The highest BCUT2D eigenvalue weighted by atomic mass is 127. The maximum Gasteiger partial charge on any atom is 0.252 e. The summed E-state index contributed by atoms with van der Waals surface area (Å²) < 4.78 is -0.763. The zero-order valence-electron chi connectivity index (χ0n) is 5.81. The monoisotopic (exact) mass is 242 g/mol. The summed E-state index contributed by atoms with van der Waals surface area (Å²) in [6.07, 6.45) is 0. The Morgan fingerprint density at radius 2 is 2.00 bits per heavy atom. The number of likely N-dealkylation sites (N-methyl/N-ethyl adjacent to an activating group) is 1. The molecule has 0 aromatic rings. The van der Waals surface area contributed by atoms with Crippen LogP contribution in [0.4, 0.5) is 0 Å². The highest BCUT2D eigenvalue weighted by Crippen LogP contribution is 2.11. The molecule has 1 amide bonds. The van der Waals surface area contributed by atoms with E-state index in [2.05, 4.69) is 0 Å². The van der Waals surface area contributed by atoms with Gasteiger partial charge in [0.2, 0.25) is 0 Å². The third kappa shape index (κ3) is 3.00. The summed E-state index contributed by atoms with van der Waals surface area (Å²) in [5.41, 5.74) is 5.48. The van der Waals surface area contributed by atoms with Crippen molar-refractivity contribution in [1.29, 1.82) is 0 Å². The zero-order valence-corrected chi connectivity index (χ0v) is 7.97. The van der Waals surface area contributed by atoms with Gasteiger partial charge in [-0.2, -0.15) is 0 Å². The van der Waals surface area contributed by atoms with E-state index in [0.29, 0.717) is 0 Å². The second-order valence-corrected chi connectivity index (χ2v) is 4.52. The summed E-state index contributed by atoms with van der Waals surface area (Å²) in [5, 5.41) is 0. The molecule has 0 unspecified atom stereocenters. The molecule has 0 fully saturated rings. The van der Waals surface area contributed by atoms with Crippen molar-refractivity contribution < 1.29 is 4.79 Å². The van der Waals surface area contributed by atoms with Crippen LogP contribution < -0.4 is 5.73 Å². The first kappa shape index (κ1) is 9.16. The first-order chi connectivity index (χ1) is 3.85. The molecule has 0 spiro atoms. The van der Waals surface area contributed by atoms with Gasteiger partial charge >= 0.3 is 0 Å². The molecule has 0 saturated heterocycles. The molecular weight excluding hydrogens is 231 g/mol. The van der Waals surface area contributed by atoms with Gasteiger partial charge in [-0.05, 0) is 6.92 Å². The van der Waals surface area contributed by atoms with Gasteiger partial charge in [0.15, 0.2) is 0 Å². The van der Waals surface area contributed by atoms with Gasteiger partial charge in [-0.1, -0.05) is 22.6 Å². The summed E-state index contributed by atoms with van der Waals surface area (Å²) >= 11 is 1.90. The van der Waals surface area contributed by atoms with Crippen molar-refractivity contribution in [2.45, 2.75) is 10.5 Å². The summed E-state index contributed by atoms with van der Waals surface area (Å²) in [7, 11) is 3.37. The topological polar surface area (TPSA) is 46.3 Å². The van der Waals surface area contributed by atoms with E-state index in [1.165, 1.54) is 4.90 Å². The molecule has 1 atom stereocenters. The molecule has 0 aliphatic carbocycles. The Morgan fingerprint density at radius 3 is 2.00 bits per heavy atom. The zero-order chi connectivity index (χ0) is 7.65. The lowest BCUT2D eigenvalue weighted by atomic mass is 10.3. The predicted molar refractivity (Wildman–Crippen MR) is 45.3 cm³/mol. The minimum Gasteiger partial charge on any atom is -0.347 e. The predicted octanol–water partition coefficient (Wildman–Crippen LogP) is 0.184. The molecule has 0 aromatic carbocycles. The van der Waals surface area contributed by atoms with Gasteiger partial charge in [-0.15, -0.1) is 0 Å². The summed E-state index contributed by atoms with van der Waals surface area (Å²) in [4.78, 5) is 12.4. The van der Waals surface area contributed by atoms with Crippen LogP contribution in [0.2, 0.25) is 0 Å². The summed E-state index contributed by atoms with van der Waals surface area (Å²) in [6.45, 7) is 1.68. The number of alkyl halides is 1. The number of halogens is 1. The van der Waals surface area contributed by atoms with E-state index in [9.17, 15) is 4.79 Å². The maximum absolute atomic E-state index is 11.0. The molecule has 0 radical (unpaired) electrons. The van der Waals surface area contributed by atoms with Crippen LogP contribution in [0.1, 0.15) is 6.92 Å². The van der Waals surface area contributed by atoms with Crippen molar-refractivity contribution in [3.05, 3.63) is 0 Å². The third-order valence-electron chi connectivity index (χ3n) is 0.824. The third-order valence-corrected chi connectivity index (χ3v) is 1.29. The lowest BCUT2D eigenvalue weighted by molar-refractivity contribution is -0.130. The second-order valence-electron chi connectivity index (χ2n) is 2.28. The number of hydrogen-bond acceptors (Lipinski definition) is 2. The van der Waals surface area contributed by atoms with Crippen LogP contribution in [0.15, 0.2) is 0 Å². The maximum atomic E-state index is 11.0. The standard InChI is InChI=1S/C5H11IN2O/c1-5(6,7)4(9)8(2)3/h7H2,1-3H3/t5-/m1/s1. The minimum absolute atomic E-state index is 0.0666. The lowest BCUT2D eigenvalue weighted by Crippen LogP contribution is -2.45. The average Bonchev–Trinajstić information content (AvgIpc) is 1.62. The average molecular weight is 242 g/mol. The van der Waals surface area contributed by atoms with Gasteiger partial charge in [-0.25, -0.2) is 0 Å². The Hall–Kier alpha value is 0.160. The normalized spacial score (nSPS) is 16.6. The molecule has 9 heavy (non-hydrogen) atoms. The van der Waals surface area contributed by atoms with Crippen LogP contribution in [-0.4, -0.2) is 28.4 Å². The van der Waals surface area contributed by atoms with Crippen molar-refractivity contribution in [3.63, 3.8) is 0 Å². The molecule has 54 valence electrons. The van der Waals surface area contributed by atoms with E-state index < -0.39 is 3.55 Å². The molecule has 0 bridgehead atoms. The Balaban J connectivity index is 4.06. The van der Waals surface area contributed by atoms with Gasteiger partial charge < -0.3 is 10.6 Å². The molecular formula is C5H11IN2O. The van der Waals surface area contributed by atoms with E-state index in [-0.39, 0.29) is 5.91 Å². The fourth-order valence-corrected chi connectivity index (χ4v) is 0.920. The molecule has 0 heterocycles. The second kappa shape index (κ2) is 2.83. The Kier molecular flexibility index (Phi) is 2.88. The van der Waals surface area contributed by atoms with Crippen LogP contribution >= 0.6 is 22.6 Å². The molecule has 2 N–H and O–H groups in total. The number of carbonyl (C=O) groups excluding carboxylic acids is 1. The fraction of sp³-hybridized carbons (Fsp3) is 0.800. The highest BCUT2D eigenvalue weighted by molar-refractivity contribution is 14.1. The number of nitrogens with two attached hydrogens (primary N) is 1. The van der Waals surface area contributed by atoms with E-state index in [0.717, 1.165) is 0 Å². The van der Waals surface area contributed by atoms with Crippen molar-refractivity contribution in [2.24, 2.45) is 5.73 Å². The van der Waals surface area contributed by atoms with Gasteiger partial charge in [0.05, 0.1) is 0 Å². The molecule has 0 saturated carbocycles. The van der Waals surface area contributed by atoms with E-state index in [1.54, 1.807) is 21.0 Å². The first-order valence-corrected chi connectivity index (χ1v) is 3.63. The number of carbonyl (C=O) groups is 1. The SMILES string of the molecule is CN(C)C(=O)[C@@](C)(N)I. The van der Waals surface area contributed by atoms with E-state index in [1.807, 2.05) is 22.6 Å². The van der Waals surface area contributed by atoms with Crippen molar-refractivity contribution in [1.82, 2.24) is 4.90 Å². The molecule has 0 aromatic heterocycles. The van der Waals surface area contributed by atoms with Crippen LogP contribution in [0.25, 0.3) is 0 Å². The summed E-state index contributed by atoms with van der Waals surface area (Å²) in [5.74, 6) is -0.0666. The first-order valence-electron chi connectivity index (χ1n) is 2.55. The number of hydrogen-bond donors (Lipinski definition) is 1. The van der Waals surface area contributed by atoms with Gasteiger partial charge in [0.25, 0.3) is 5.91 Å². The van der Waals surface area contributed by atoms with Gasteiger partial charge in [0, 0.05) is 14.1 Å². The van der Waals surface area contributed by atoms with E-state index in [4.69, 9.17) is 5.73 Å². The molecule has 0 rings (SSSR count). The lowest BCUT2D eigenvalue weighted by Gasteiger charge is -2.20. The summed E-state index contributed by atoms with van der Waals surface area (Å²) in [6, 6.07) is 0. The van der Waals surface area contributed by atoms with Gasteiger partial charge in [0.1, 0.15) is 3.55 Å². The number of nitrogens with zero attached hydrogens (tertiary/aromatic N) is 1. The van der Waals surface area contributed by atoms with Crippen LogP contribution in [0.5, 0.6) is 0 Å². The van der Waals surface area contributed by atoms with Crippen molar-refractivity contribution >= 4 is 28.5 Å². The van der Waals surface area contributed by atoms with Crippen LogP contribution in [-0.2, 0) is 4.79 Å². The molecule has 0 aliphatic rings. The van der Waals surface area contributed by atoms with Crippen molar-refractivity contribution in [3.8, 4) is 0 Å². The van der Waals surface area contributed by atoms with Crippen molar-refractivity contribution in [2.75, 3.05) is 14.1 Å². The minimum atomic E-state index is -0.763. The number of rotatable bonds is 1. The molecule has 0 aliphatic heterocycles. The van der Waals surface area contributed by atoms with Gasteiger partial charge in [-0.3, -0.25) is 4.79 Å². The Bertz CT molecular complexity index is 117. The quantitative estimate of drug-likeness (QED) is 0.405. The Morgan fingerprint density at radius 1 is 1.67 bits per heavy atom. The van der Waals surface area contributed by atoms with E-state index >= 15 is 0 Å². The highest BCUT2D eigenvalue weighted by Gasteiger charge is 2.25. The molecule has 4 heteroatoms. The van der Waals surface area contributed by atoms with Crippen LogP contribution in [0, 0.1) is 0 Å². The fourth-order valence-electron chi connectivity index (χ4n) is 0.437.